The van der Waals surface area contributed by atoms with Crippen molar-refractivity contribution in [1.82, 2.24) is 0 Å². The standard InChI is InChI=1S/Co.Mg.O4Si/c;;1-5(2,3)4/q2*+2;-4. The summed E-state index contributed by atoms with van der Waals surface area (Å²) >= 11 is 0. The van der Waals surface area contributed by atoms with Crippen molar-refractivity contribution < 1.29 is 36.0 Å². The van der Waals surface area contributed by atoms with E-state index in [0.717, 1.165) is 0 Å². The maximum Gasteiger partial charge on any atom is 2.00 e. The molecule has 0 aromatic heterocycles. The number of rotatable bonds is 0. The SMILES string of the molecule is [Co+2].[Mg+2].[O-][Si]([O-])([O-])[O-]. The molecule has 0 aliphatic heterocycles. The zero-order valence-electron chi connectivity index (χ0n) is 3.17. The van der Waals surface area contributed by atoms with Crippen molar-refractivity contribution in [3.8, 4) is 0 Å². The molecule has 7 heteroatoms. The fraction of sp³-hybridized carbons (Fsp3) is 0. The van der Waals surface area contributed by atoms with Gasteiger partial charge in [-0.2, -0.15) is 0 Å². The van der Waals surface area contributed by atoms with Crippen LogP contribution in [-0.4, -0.2) is 32.1 Å². The predicted molar refractivity (Wildman–Crippen MR) is 11.5 cm³/mol. The molecule has 4 nitrogen and oxygen atoms in total. The van der Waals surface area contributed by atoms with Crippen molar-refractivity contribution in [3.05, 3.63) is 0 Å². The minimum Gasteiger partial charge on any atom is -0.894 e. The van der Waals surface area contributed by atoms with Gasteiger partial charge in [-0.25, -0.2) is 0 Å². The van der Waals surface area contributed by atoms with Crippen LogP contribution in [-0.2, 0) is 16.8 Å². The van der Waals surface area contributed by atoms with Crippen molar-refractivity contribution in [2.24, 2.45) is 0 Å². The summed E-state index contributed by atoms with van der Waals surface area (Å²) in [6.07, 6.45) is 0. The molecule has 0 rings (SSSR count). The second-order valence-corrected chi connectivity index (χ2v) is 1.50. The van der Waals surface area contributed by atoms with Gasteiger partial charge >= 0.3 is 39.8 Å². The van der Waals surface area contributed by atoms with Crippen LogP contribution in [0.15, 0.2) is 0 Å². The van der Waals surface area contributed by atoms with Crippen LogP contribution < -0.4 is 19.2 Å². The second-order valence-electron chi connectivity index (χ2n) is 0.500. The van der Waals surface area contributed by atoms with E-state index < -0.39 is 9.05 Å². The molecule has 7 heavy (non-hydrogen) atoms. The molecule has 0 saturated carbocycles. The fourth-order valence-corrected chi connectivity index (χ4v) is 0. The van der Waals surface area contributed by atoms with Crippen LogP contribution in [0.5, 0.6) is 0 Å². The molecule has 0 heterocycles. The van der Waals surface area contributed by atoms with E-state index in [1.807, 2.05) is 0 Å². The van der Waals surface area contributed by atoms with Crippen molar-refractivity contribution >= 4 is 32.1 Å². The molecule has 0 fully saturated rings. The van der Waals surface area contributed by atoms with Gasteiger partial charge in [-0.05, 0) is 0 Å². The molecule has 39 valence electrons. The Bertz CT molecular complexity index is 27.2. The molecule has 0 unspecified atom stereocenters. The van der Waals surface area contributed by atoms with Gasteiger partial charge < -0.3 is 28.2 Å². The molecular formula is CoMgO4Si. The van der Waals surface area contributed by atoms with Crippen LogP contribution in [0.2, 0.25) is 0 Å². The van der Waals surface area contributed by atoms with Gasteiger partial charge in [0.05, 0.1) is 0 Å². The average molecular weight is 175 g/mol. The first-order valence-corrected chi connectivity index (χ1v) is 2.45. The Morgan fingerprint density at radius 3 is 0.857 bits per heavy atom. The monoisotopic (exact) mass is 175 g/mol. The van der Waals surface area contributed by atoms with E-state index in [0.29, 0.717) is 0 Å². The summed E-state index contributed by atoms with van der Waals surface area (Å²) in [5.41, 5.74) is 0. The molecule has 1 radical (unpaired) electrons. The van der Waals surface area contributed by atoms with Crippen LogP contribution in [0.4, 0.5) is 0 Å². The largest absolute Gasteiger partial charge is 2.00 e. The summed E-state index contributed by atoms with van der Waals surface area (Å²) in [7, 11) is -5.61. The summed E-state index contributed by atoms with van der Waals surface area (Å²) in [5, 5.41) is 0. The molecule has 0 aromatic carbocycles. The van der Waals surface area contributed by atoms with Crippen LogP contribution in [0.25, 0.3) is 0 Å². The van der Waals surface area contributed by atoms with Gasteiger partial charge in [0.15, 0.2) is 0 Å². The minimum atomic E-state index is -5.61. The quantitative estimate of drug-likeness (QED) is 0.343. The molecule has 0 N–H and O–H groups in total. The van der Waals surface area contributed by atoms with E-state index >= 15 is 0 Å². The van der Waals surface area contributed by atoms with Crippen molar-refractivity contribution in [2.75, 3.05) is 0 Å². The fourth-order valence-electron chi connectivity index (χ4n) is 0. The summed E-state index contributed by atoms with van der Waals surface area (Å²) in [6.45, 7) is 0. The first-order chi connectivity index (χ1) is 2.00. The molecule has 0 aliphatic carbocycles. The second kappa shape index (κ2) is 5.47. The minimum absolute atomic E-state index is 0. The van der Waals surface area contributed by atoms with Crippen molar-refractivity contribution in [3.63, 3.8) is 0 Å². The number of hydrogen-bond acceptors (Lipinski definition) is 4. The van der Waals surface area contributed by atoms with Crippen LogP contribution >= 0.6 is 0 Å². The maximum absolute atomic E-state index is 8.58. The van der Waals surface area contributed by atoms with Crippen LogP contribution in [0, 0.1) is 0 Å². The molecule has 0 aliphatic rings. The molecule has 0 atom stereocenters. The molecule has 0 aromatic rings. The van der Waals surface area contributed by atoms with E-state index in [4.69, 9.17) is 19.2 Å². The van der Waals surface area contributed by atoms with E-state index in [9.17, 15) is 0 Å². The van der Waals surface area contributed by atoms with Gasteiger partial charge in [-0.1, -0.05) is 0 Å². The molecule has 0 amide bonds. The van der Waals surface area contributed by atoms with Gasteiger partial charge in [-0.3, -0.25) is 0 Å². The summed E-state index contributed by atoms with van der Waals surface area (Å²) in [6, 6.07) is 0. The smallest absolute Gasteiger partial charge is 0.894 e. The Hall–Kier alpha value is 1.33. The van der Waals surface area contributed by atoms with E-state index in [-0.39, 0.29) is 39.8 Å². The normalized spacial score (nSPS) is 8.57. The Morgan fingerprint density at radius 2 is 0.857 bits per heavy atom. The Kier molecular flexibility index (Phi) is 12.3. The summed E-state index contributed by atoms with van der Waals surface area (Å²) in [4.78, 5) is 34.3. The first-order valence-electron chi connectivity index (χ1n) is 0.816. The summed E-state index contributed by atoms with van der Waals surface area (Å²) < 4.78 is 0. The van der Waals surface area contributed by atoms with Crippen LogP contribution in [0.3, 0.4) is 0 Å². The van der Waals surface area contributed by atoms with E-state index in [1.54, 1.807) is 0 Å². The van der Waals surface area contributed by atoms with E-state index in [1.165, 1.54) is 0 Å². The van der Waals surface area contributed by atoms with E-state index in [2.05, 4.69) is 0 Å². The Balaban J connectivity index is -0.0000000800. The third-order valence-corrected chi connectivity index (χ3v) is 0. The third kappa shape index (κ3) is 118. The maximum atomic E-state index is 8.58. The average Bonchev–Trinajstić information content (AvgIpc) is 0.722. The zero-order valence-corrected chi connectivity index (χ0v) is 6.63. The predicted octanol–water partition coefficient (Wildman–Crippen LogP) is -5.52. The molecule has 0 spiro atoms. The Labute approximate surface area is 68.0 Å². The van der Waals surface area contributed by atoms with Gasteiger partial charge in [0.2, 0.25) is 0 Å². The zero-order chi connectivity index (χ0) is 4.50. The molecule has 0 saturated heterocycles. The topological polar surface area (TPSA) is 92.2 Å². The molecular weight excluding hydrogens is 175 g/mol. The van der Waals surface area contributed by atoms with Crippen LogP contribution in [0.1, 0.15) is 0 Å². The summed E-state index contributed by atoms with van der Waals surface area (Å²) in [5.74, 6) is 0. The molecule has 0 bridgehead atoms. The first kappa shape index (κ1) is 15.8. The third-order valence-electron chi connectivity index (χ3n) is 0. The van der Waals surface area contributed by atoms with Crippen molar-refractivity contribution in [1.29, 1.82) is 0 Å². The number of hydrogen-bond donors (Lipinski definition) is 0. The Morgan fingerprint density at radius 1 is 0.857 bits per heavy atom. The van der Waals surface area contributed by atoms with Gasteiger partial charge in [0, 0.05) is 0 Å². The van der Waals surface area contributed by atoms with Gasteiger partial charge in [0.1, 0.15) is 0 Å². The van der Waals surface area contributed by atoms with Gasteiger partial charge in [-0.15, -0.1) is 0 Å². The van der Waals surface area contributed by atoms with Gasteiger partial charge in [0.25, 0.3) is 0 Å². The van der Waals surface area contributed by atoms with Crippen molar-refractivity contribution in [2.45, 2.75) is 0 Å².